The molecule has 3 N–H and O–H groups in total. The first-order chi connectivity index (χ1) is 9.06. The average Bonchev–Trinajstić information content (AvgIpc) is 2.78. The molecule has 1 aliphatic heterocycles. The maximum absolute atomic E-state index is 12.2. The number of hydrogen-bond acceptors (Lipinski definition) is 4. The van der Waals surface area contributed by atoms with E-state index < -0.39 is 0 Å². The fraction of sp³-hybridized carbons (Fsp3) is 0.692. The van der Waals surface area contributed by atoms with E-state index in [1.807, 2.05) is 6.92 Å². The van der Waals surface area contributed by atoms with Crippen LogP contribution < -0.4 is 11.1 Å². The molecular formula is C13H22N4O2. The van der Waals surface area contributed by atoms with Crippen LogP contribution in [0.2, 0.25) is 0 Å². The monoisotopic (exact) mass is 266 g/mol. The summed E-state index contributed by atoms with van der Waals surface area (Å²) in [6, 6.07) is 0. The summed E-state index contributed by atoms with van der Waals surface area (Å²) in [4.78, 5) is 12.2. The maximum atomic E-state index is 12.2. The molecule has 0 spiro atoms. The number of aryl methyl sites for hydroxylation is 1. The Morgan fingerprint density at radius 3 is 2.89 bits per heavy atom. The molecule has 0 atom stereocenters. The van der Waals surface area contributed by atoms with Crippen LogP contribution in [0.4, 0.5) is 5.69 Å². The van der Waals surface area contributed by atoms with Gasteiger partial charge >= 0.3 is 0 Å². The van der Waals surface area contributed by atoms with E-state index in [0.29, 0.717) is 24.5 Å². The topological polar surface area (TPSA) is 82.2 Å². The third-order valence-corrected chi connectivity index (χ3v) is 3.76. The average molecular weight is 266 g/mol. The van der Waals surface area contributed by atoms with Gasteiger partial charge in [-0.3, -0.25) is 9.48 Å². The fourth-order valence-electron chi connectivity index (χ4n) is 2.31. The van der Waals surface area contributed by atoms with Gasteiger partial charge in [-0.25, -0.2) is 0 Å². The molecule has 0 unspecified atom stereocenters. The maximum Gasteiger partial charge on any atom is 0.271 e. The Labute approximate surface area is 113 Å². The molecule has 2 heterocycles. The molecule has 1 saturated heterocycles. The Kier molecular flexibility index (Phi) is 4.09. The minimum absolute atomic E-state index is 0.111. The number of hydrogen-bond donors (Lipinski definition) is 2. The molecule has 0 aromatic carbocycles. The van der Waals surface area contributed by atoms with Crippen molar-refractivity contribution in [3.8, 4) is 0 Å². The lowest BCUT2D eigenvalue weighted by atomic mass is 9.82. The lowest BCUT2D eigenvalue weighted by molar-refractivity contribution is 0.0238. The number of nitrogens with zero attached hydrogens (tertiary/aromatic N) is 2. The zero-order valence-electron chi connectivity index (χ0n) is 11.6. The molecular weight excluding hydrogens is 244 g/mol. The first-order valence-corrected chi connectivity index (χ1v) is 6.73. The molecule has 6 heteroatoms. The van der Waals surface area contributed by atoms with Crippen molar-refractivity contribution >= 4 is 11.6 Å². The molecule has 0 bridgehead atoms. The Bertz CT molecular complexity index is 449. The highest BCUT2D eigenvalue weighted by molar-refractivity contribution is 5.97. The van der Waals surface area contributed by atoms with Crippen molar-refractivity contribution in [2.24, 2.45) is 5.41 Å². The van der Waals surface area contributed by atoms with E-state index in [4.69, 9.17) is 10.5 Å². The van der Waals surface area contributed by atoms with Crippen molar-refractivity contribution in [1.82, 2.24) is 15.1 Å². The Morgan fingerprint density at radius 1 is 1.58 bits per heavy atom. The Morgan fingerprint density at radius 2 is 2.26 bits per heavy atom. The molecule has 1 fully saturated rings. The molecule has 1 aromatic rings. The fourth-order valence-corrected chi connectivity index (χ4v) is 2.31. The summed E-state index contributed by atoms with van der Waals surface area (Å²) in [5.41, 5.74) is 6.79. The number of ether oxygens (including phenoxy) is 1. The van der Waals surface area contributed by atoms with Crippen LogP contribution in [0.25, 0.3) is 0 Å². The number of nitrogens with two attached hydrogens (primary N) is 1. The largest absolute Gasteiger partial charge is 0.396 e. The molecule has 0 aliphatic carbocycles. The minimum atomic E-state index is -0.149. The predicted octanol–water partition coefficient (Wildman–Crippen LogP) is 1.03. The molecule has 1 amide bonds. The normalized spacial score (nSPS) is 18.2. The SMILES string of the molecule is CCn1ncc(N)c1C(=O)NCC1(C)CCOCC1. The van der Waals surface area contributed by atoms with Crippen LogP contribution in [0.15, 0.2) is 6.20 Å². The Balaban J connectivity index is 1.99. The highest BCUT2D eigenvalue weighted by atomic mass is 16.5. The first kappa shape index (κ1) is 13.9. The van der Waals surface area contributed by atoms with Gasteiger partial charge in [0.25, 0.3) is 5.91 Å². The molecule has 19 heavy (non-hydrogen) atoms. The highest BCUT2D eigenvalue weighted by Gasteiger charge is 2.28. The van der Waals surface area contributed by atoms with E-state index >= 15 is 0 Å². The number of carbonyl (C=O) groups excluding carboxylic acids is 1. The van der Waals surface area contributed by atoms with Crippen LogP contribution >= 0.6 is 0 Å². The van der Waals surface area contributed by atoms with Gasteiger partial charge in [0.2, 0.25) is 0 Å². The number of carbonyl (C=O) groups is 1. The summed E-state index contributed by atoms with van der Waals surface area (Å²) < 4.78 is 6.97. The zero-order chi connectivity index (χ0) is 13.9. The van der Waals surface area contributed by atoms with Crippen molar-refractivity contribution in [1.29, 1.82) is 0 Å². The van der Waals surface area contributed by atoms with Gasteiger partial charge in [0.1, 0.15) is 5.69 Å². The van der Waals surface area contributed by atoms with Crippen LogP contribution in [-0.2, 0) is 11.3 Å². The van der Waals surface area contributed by atoms with Crippen LogP contribution in [0.5, 0.6) is 0 Å². The number of aromatic nitrogens is 2. The van der Waals surface area contributed by atoms with Gasteiger partial charge in [-0.05, 0) is 25.2 Å². The van der Waals surface area contributed by atoms with E-state index in [0.717, 1.165) is 26.1 Å². The van der Waals surface area contributed by atoms with Gasteiger partial charge in [-0.1, -0.05) is 6.92 Å². The third kappa shape index (κ3) is 3.07. The Hall–Kier alpha value is -1.56. The number of nitrogen functional groups attached to an aromatic ring is 1. The van der Waals surface area contributed by atoms with E-state index in [-0.39, 0.29) is 11.3 Å². The zero-order valence-corrected chi connectivity index (χ0v) is 11.6. The molecule has 6 nitrogen and oxygen atoms in total. The summed E-state index contributed by atoms with van der Waals surface area (Å²) in [7, 11) is 0. The van der Waals surface area contributed by atoms with Gasteiger partial charge in [0, 0.05) is 26.3 Å². The van der Waals surface area contributed by atoms with Crippen molar-refractivity contribution in [2.75, 3.05) is 25.5 Å². The van der Waals surface area contributed by atoms with Crippen LogP contribution in [0, 0.1) is 5.41 Å². The quantitative estimate of drug-likeness (QED) is 0.852. The molecule has 106 valence electrons. The van der Waals surface area contributed by atoms with Gasteiger partial charge < -0.3 is 15.8 Å². The summed E-state index contributed by atoms with van der Waals surface area (Å²) in [6.45, 7) is 6.91. The van der Waals surface area contributed by atoms with Crippen molar-refractivity contribution in [3.63, 3.8) is 0 Å². The van der Waals surface area contributed by atoms with Crippen LogP contribution in [-0.4, -0.2) is 35.4 Å². The molecule has 0 saturated carbocycles. The molecule has 2 rings (SSSR count). The smallest absolute Gasteiger partial charge is 0.271 e. The summed E-state index contributed by atoms with van der Waals surface area (Å²) in [5, 5.41) is 7.05. The van der Waals surface area contributed by atoms with Crippen molar-refractivity contribution in [2.45, 2.75) is 33.2 Å². The number of amides is 1. The number of anilines is 1. The standard InChI is InChI=1S/C13H22N4O2/c1-3-17-11(10(14)8-16-17)12(18)15-9-13(2)4-6-19-7-5-13/h8H,3-7,9,14H2,1-2H3,(H,15,18). The van der Waals surface area contributed by atoms with Crippen molar-refractivity contribution < 1.29 is 9.53 Å². The van der Waals surface area contributed by atoms with Crippen molar-refractivity contribution in [3.05, 3.63) is 11.9 Å². The second-order valence-electron chi connectivity index (χ2n) is 5.37. The molecule has 0 radical (unpaired) electrons. The number of nitrogens with one attached hydrogen (secondary N) is 1. The van der Waals surface area contributed by atoms with Gasteiger partial charge in [0.05, 0.1) is 11.9 Å². The summed E-state index contributed by atoms with van der Waals surface area (Å²) in [5.74, 6) is -0.149. The van der Waals surface area contributed by atoms with Crippen LogP contribution in [0.1, 0.15) is 37.2 Å². The molecule has 1 aliphatic rings. The van der Waals surface area contributed by atoms with Crippen LogP contribution in [0.3, 0.4) is 0 Å². The number of rotatable bonds is 4. The predicted molar refractivity (Wildman–Crippen MR) is 72.8 cm³/mol. The van der Waals surface area contributed by atoms with E-state index in [1.54, 1.807) is 4.68 Å². The third-order valence-electron chi connectivity index (χ3n) is 3.76. The summed E-state index contributed by atoms with van der Waals surface area (Å²) >= 11 is 0. The van der Waals surface area contributed by atoms with E-state index in [2.05, 4.69) is 17.3 Å². The second-order valence-corrected chi connectivity index (χ2v) is 5.37. The van der Waals surface area contributed by atoms with E-state index in [9.17, 15) is 4.79 Å². The lowest BCUT2D eigenvalue weighted by Crippen LogP contribution is -2.40. The highest BCUT2D eigenvalue weighted by Crippen LogP contribution is 2.28. The molecule has 1 aromatic heterocycles. The van der Waals surface area contributed by atoms with Gasteiger partial charge in [-0.2, -0.15) is 5.10 Å². The second kappa shape index (κ2) is 5.61. The minimum Gasteiger partial charge on any atom is -0.396 e. The first-order valence-electron chi connectivity index (χ1n) is 6.73. The van der Waals surface area contributed by atoms with Gasteiger partial charge in [-0.15, -0.1) is 0 Å². The lowest BCUT2D eigenvalue weighted by Gasteiger charge is -2.33. The summed E-state index contributed by atoms with van der Waals surface area (Å²) in [6.07, 6.45) is 3.46. The van der Waals surface area contributed by atoms with E-state index in [1.165, 1.54) is 6.20 Å². The van der Waals surface area contributed by atoms with Gasteiger partial charge in [0.15, 0.2) is 0 Å².